The van der Waals surface area contributed by atoms with Gasteiger partial charge in [-0.05, 0) is 25.0 Å². The topological polar surface area (TPSA) is 97.6 Å². The number of nitrogens with one attached hydrogen (secondary N) is 1. The van der Waals surface area contributed by atoms with Crippen molar-refractivity contribution in [3.05, 3.63) is 29.6 Å². The van der Waals surface area contributed by atoms with E-state index in [1.807, 2.05) is 0 Å². The number of carbonyl (C=O) groups excluding carboxylic acids is 2. The summed E-state index contributed by atoms with van der Waals surface area (Å²) in [5.74, 6) is -1.19. The zero-order chi connectivity index (χ0) is 20.3. The van der Waals surface area contributed by atoms with Crippen LogP contribution in [0.1, 0.15) is 12.8 Å². The van der Waals surface area contributed by atoms with Crippen molar-refractivity contribution in [2.24, 2.45) is 5.73 Å². The summed E-state index contributed by atoms with van der Waals surface area (Å²) in [4.78, 5) is 29.3. The van der Waals surface area contributed by atoms with Crippen molar-refractivity contribution in [1.82, 2.24) is 9.88 Å². The molecule has 0 spiro atoms. The average Bonchev–Trinajstić information content (AvgIpc) is 3.28. The predicted molar refractivity (Wildman–Crippen MR) is 96.7 cm³/mol. The summed E-state index contributed by atoms with van der Waals surface area (Å²) in [6, 6.07) is 5.07. The maximum Gasteiger partial charge on any atom is 0.573 e. The summed E-state index contributed by atoms with van der Waals surface area (Å²) >= 11 is 1.14. The first-order chi connectivity index (χ1) is 13.2. The number of anilines is 1. The van der Waals surface area contributed by atoms with Crippen molar-refractivity contribution >= 4 is 28.3 Å². The first-order valence-corrected chi connectivity index (χ1v) is 9.26. The number of ether oxygens (including phenoxy) is 1. The fourth-order valence-corrected chi connectivity index (χ4v) is 3.69. The molecule has 1 saturated heterocycles. The first-order valence-electron chi connectivity index (χ1n) is 8.38. The molecule has 0 bridgehead atoms. The number of likely N-dealkylation sites (tertiary alicyclic amines) is 1. The SMILES string of the molecule is NC(=O)[C@@H]1CCCN1C(=O)CNc1nc(-c2ccccc2OC(F)(F)F)cs1. The summed E-state index contributed by atoms with van der Waals surface area (Å²) in [7, 11) is 0. The van der Waals surface area contributed by atoms with E-state index in [4.69, 9.17) is 5.73 Å². The van der Waals surface area contributed by atoms with Gasteiger partial charge in [0.1, 0.15) is 11.8 Å². The Hall–Kier alpha value is -2.82. The van der Waals surface area contributed by atoms with Crippen LogP contribution < -0.4 is 15.8 Å². The number of aromatic nitrogens is 1. The van der Waals surface area contributed by atoms with Gasteiger partial charge in [-0.2, -0.15) is 0 Å². The highest BCUT2D eigenvalue weighted by Crippen LogP contribution is 2.35. The van der Waals surface area contributed by atoms with Crippen LogP contribution in [0, 0.1) is 0 Å². The lowest BCUT2D eigenvalue weighted by Gasteiger charge is -2.22. The average molecular weight is 414 g/mol. The van der Waals surface area contributed by atoms with Crippen LogP contribution in [-0.2, 0) is 9.59 Å². The molecule has 2 heterocycles. The van der Waals surface area contributed by atoms with Crippen molar-refractivity contribution in [2.75, 3.05) is 18.4 Å². The molecule has 150 valence electrons. The van der Waals surface area contributed by atoms with E-state index >= 15 is 0 Å². The summed E-state index contributed by atoms with van der Waals surface area (Å²) in [6.45, 7) is 0.358. The molecule has 1 aliphatic rings. The number of amides is 2. The fourth-order valence-electron chi connectivity index (χ4n) is 2.98. The molecule has 1 atom stereocenters. The molecule has 0 unspecified atom stereocenters. The maximum absolute atomic E-state index is 12.6. The minimum absolute atomic E-state index is 0.0998. The molecule has 1 aromatic carbocycles. The second-order valence-electron chi connectivity index (χ2n) is 6.08. The molecule has 0 radical (unpaired) electrons. The number of nitrogens with zero attached hydrogens (tertiary/aromatic N) is 2. The number of carbonyl (C=O) groups is 2. The zero-order valence-electron chi connectivity index (χ0n) is 14.5. The van der Waals surface area contributed by atoms with E-state index in [2.05, 4.69) is 15.0 Å². The van der Waals surface area contributed by atoms with E-state index in [0.717, 1.165) is 11.3 Å². The van der Waals surface area contributed by atoms with Gasteiger partial charge in [0.2, 0.25) is 11.8 Å². The maximum atomic E-state index is 12.6. The molecule has 0 saturated carbocycles. The number of benzene rings is 1. The zero-order valence-corrected chi connectivity index (χ0v) is 15.3. The van der Waals surface area contributed by atoms with Gasteiger partial charge in [0, 0.05) is 17.5 Å². The highest BCUT2D eigenvalue weighted by molar-refractivity contribution is 7.14. The van der Waals surface area contributed by atoms with Crippen molar-refractivity contribution < 1.29 is 27.5 Å². The Labute approximate surface area is 162 Å². The Morgan fingerprint density at radius 3 is 2.82 bits per heavy atom. The van der Waals surface area contributed by atoms with E-state index in [0.29, 0.717) is 24.5 Å². The molecular weight excluding hydrogens is 397 g/mol. The van der Waals surface area contributed by atoms with Crippen molar-refractivity contribution in [3.8, 4) is 17.0 Å². The number of rotatable bonds is 6. The third kappa shape index (κ3) is 4.71. The molecule has 1 aliphatic heterocycles. The molecule has 2 amide bonds. The molecule has 1 fully saturated rings. The Morgan fingerprint density at radius 1 is 1.36 bits per heavy atom. The number of alkyl halides is 3. The van der Waals surface area contributed by atoms with Gasteiger partial charge in [-0.3, -0.25) is 9.59 Å². The monoisotopic (exact) mass is 414 g/mol. The lowest BCUT2D eigenvalue weighted by atomic mass is 10.1. The molecule has 11 heteroatoms. The number of halogens is 3. The first kappa shape index (κ1) is 19.9. The third-order valence-electron chi connectivity index (χ3n) is 4.19. The van der Waals surface area contributed by atoms with Gasteiger partial charge in [-0.1, -0.05) is 12.1 Å². The largest absolute Gasteiger partial charge is 0.573 e. The highest BCUT2D eigenvalue weighted by Gasteiger charge is 2.33. The van der Waals surface area contributed by atoms with Crippen LogP contribution in [-0.4, -0.2) is 47.2 Å². The minimum atomic E-state index is -4.81. The standard InChI is InChI=1S/C17H17F3N4O3S/c18-17(19,20)27-13-6-2-1-4-10(13)11-9-28-16(23-11)22-8-14(25)24-7-3-5-12(24)15(21)26/h1-2,4,6,9,12H,3,5,7-8H2,(H2,21,26)(H,22,23)/t12-/m0/s1. The van der Waals surface area contributed by atoms with Gasteiger partial charge in [-0.25, -0.2) is 4.98 Å². The van der Waals surface area contributed by atoms with Crippen LogP contribution >= 0.6 is 11.3 Å². The predicted octanol–water partition coefficient (Wildman–Crippen LogP) is 2.60. The second-order valence-corrected chi connectivity index (χ2v) is 6.94. The molecule has 7 nitrogen and oxygen atoms in total. The van der Waals surface area contributed by atoms with Crippen LogP contribution in [0.4, 0.5) is 18.3 Å². The summed E-state index contributed by atoms with van der Waals surface area (Å²) in [5, 5.41) is 4.76. The highest BCUT2D eigenvalue weighted by atomic mass is 32.1. The minimum Gasteiger partial charge on any atom is -0.405 e. The molecule has 1 aromatic heterocycles. The molecule has 2 aromatic rings. The Bertz CT molecular complexity index is 871. The summed E-state index contributed by atoms with van der Waals surface area (Å²) < 4.78 is 41.7. The third-order valence-corrected chi connectivity index (χ3v) is 4.99. The van der Waals surface area contributed by atoms with Crippen LogP contribution in [0.5, 0.6) is 5.75 Å². The molecule has 3 rings (SSSR count). The van der Waals surface area contributed by atoms with Crippen molar-refractivity contribution in [3.63, 3.8) is 0 Å². The molecular formula is C17H17F3N4O3S. The van der Waals surface area contributed by atoms with E-state index in [9.17, 15) is 22.8 Å². The van der Waals surface area contributed by atoms with Gasteiger partial charge in [0.05, 0.1) is 12.2 Å². The van der Waals surface area contributed by atoms with Crippen LogP contribution in [0.15, 0.2) is 29.6 Å². The Morgan fingerprint density at radius 2 is 2.11 bits per heavy atom. The number of hydrogen-bond donors (Lipinski definition) is 2. The summed E-state index contributed by atoms with van der Waals surface area (Å²) in [6.07, 6.45) is -3.57. The fraction of sp³-hybridized carbons (Fsp3) is 0.353. The van der Waals surface area contributed by atoms with E-state index in [-0.39, 0.29) is 29.5 Å². The van der Waals surface area contributed by atoms with Gasteiger partial charge in [-0.15, -0.1) is 24.5 Å². The van der Waals surface area contributed by atoms with Crippen LogP contribution in [0.3, 0.4) is 0 Å². The normalized spacial score (nSPS) is 16.8. The molecule has 3 N–H and O–H groups in total. The number of para-hydroxylation sites is 1. The molecule has 0 aliphatic carbocycles. The number of nitrogens with two attached hydrogens (primary N) is 1. The van der Waals surface area contributed by atoms with E-state index in [1.54, 1.807) is 11.4 Å². The lowest BCUT2D eigenvalue weighted by Crippen LogP contribution is -2.45. The molecule has 28 heavy (non-hydrogen) atoms. The van der Waals surface area contributed by atoms with Crippen molar-refractivity contribution in [2.45, 2.75) is 25.2 Å². The van der Waals surface area contributed by atoms with Gasteiger partial charge < -0.3 is 20.7 Å². The van der Waals surface area contributed by atoms with Crippen LogP contribution in [0.25, 0.3) is 11.3 Å². The lowest BCUT2D eigenvalue weighted by molar-refractivity contribution is -0.274. The van der Waals surface area contributed by atoms with Crippen LogP contribution in [0.2, 0.25) is 0 Å². The number of primary amides is 1. The quantitative estimate of drug-likeness (QED) is 0.757. The smallest absolute Gasteiger partial charge is 0.405 e. The Balaban J connectivity index is 1.67. The van der Waals surface area contributed by atoms with E-state index in [1.165, 1.54) is 23.1 Å². The number of hydrogen-bond acceptors (Lipinski definition) is 6. The van der Waals surface area contributed by atoms with E-state index < -0.39 is 18.3 Å². The summed E-state index contributed by atoms with van der Waals surface area (Å²) in [5.41, 5.74) is 5.78. The number of thiazole rings is 1. The van der Waals surface area contributed by atoms with Gasteiger partial charge in [0.15, 0.2) is 5.13 Å². The Kier molecular flexibility index (Phi) is 5.73. The second kappa shape index (κ2) is 8.05. The van der Waals surface area contributed by atoms with Gasteiger partial charge >= 0.3 is 6.36 Å². The van der Waals surface area contributed by atoms with Gasteiger partial charge in [0.25, 0.3) is 0 Å². The van der Waals surface area contributed by atoms with Crippen molar-refractivity contribution in [1.29, 1.82) is 0 Å².